The van der Waals surface area contributed by atoms with Crippen LogP contribution in [-0.4, -0.2) is 34.4 Å². The number of nitrogens with zero attached hydrogens (tertiary/aromatic N) is 4. The van der Waals surface area contributed by atoms with Crippen molar-refractivity contribution in [3.05, 3.63) is 84.8 Å². The Kier molecular flexibility index (Phi) is 6.32. The molecule has 0 amide bonds. The Balaban J connectivity index is 1.99. The largest absolute Gasteiger partial charge is 0.343 e. The number of allylic oxidation sites excluding steroid dienone is 1. The fourth-order valence-electron chi connectivity index (χ4n) is 3.37. The first-order valence-corrected chi connectivity index (χ1v) is 9.71. The van der Waals surface area contributed by atoms with Crippen molar-refractivity contribution in [2.24, 2.45) is 0 Å². The minimum atomic E-state index is -0.387. The average molecular weight is 407 g/mol. The molecule has 0 aliphatic carbocycles. The molecule has 0 fully saturated rings. The van der Waals surface area contributed by atoms with Gasteiger partial charge in [0.2, 0.25) is 0 Å². The van der Waals surface area contributed by atoms with Crippen molar-refractivity contribution in [2.45, 2.75) is 13.8 Å². The molecule has 7 heteroatoms. The number of rotatable bonds is 9. The van der Waals surface area contributed by atoms with Gasteiger partial charge in [-0.3, -0.25) is 0 Å². The predicted octanol–water partition coefficient (Wildman–Crippen LogP) is 4.42. The molecule has 1 aliphatic heterocycles. The quantitative estimate of drug-likeness (QED) is 0.646. The summed E-state index contributed by atoms with van der Waals surface area (Å²) in [4.78, 5) is 6.14. The highest BCUT2D eigenvalue weighted by Crippen LogP contribution is 2.37. The molecule has 0 saturated carbocycles. The van der Waals surface area contributed by atoms with Crippen molar-refractivity contribution in [2.75, 3.05) is 29.9 Å². The molecule has 0 saturated heterocycles. The molecule has 0 atom stereocenters. The molecule has 30 heavy (non-hydrogen) atoms. The molecule has 0 bridgehead atoms. The van der Waals surface area contributed by atoms with Gasteiger partial charge in [-0.15, -0.1) is 0 Å². The van der Waals surface area contributed by atoms with E-state index in [9.17, 15) is 4.39 Å². The van der Waals surface area contributed by atoms with E-state index < -0.39 is 0 Å². The van der Waals surface area contributed by atoms with E-state index in [-0.39, 0.29) is 5.82 Å². The van der Waals surface area contributed by atoms with Crippen LogP contribution in [0.15, 0.2) is 73.3 Å². The summed E-state index contributed by atoms with van der Waals surface area (Å²) in [5.74, 6) is 0.988. The van der Waals surface area contributed by atoms with Crippen LogP contribution in [0.25, 0.3) is 11.8 Å². The maximum absolute atomic E-state index is 13.2. The third-order valence-electron chi connectivity index (χ3n) is 4.69. The highest BCUT2D eigenvalue weighted by Gasteiger charge is 2.30. The third kappa shape index (κ3) is 4.26. The summed E-state index contributed by atoms with van der Waals surface area (Å²) in [6, 6.07) is 4.88. The van der Waals surface area contributed by atoms with E-state index in [1.165, 1.54) is 12.3 Å². The van der Waals surface area contributed by atoms with E-state index in [1.54, 1.807) is 12.1 Å². The van der Waals surface area contributed by atoms with Gasteiger partial charge in [0.25, 0.3) is 0 Å². The monoisotopic (exact) mass is 406 g/mol. The summed E-state index contributed by atoms with van der Waals surface area (Å²) in [5, 5.41) is 11.1. The smallest absolute Gasteiger partial charge is 0.141 e. The number of pyridine rings is 1. The Morgan fingerprint density at radius 1 is 1.30 bits per heavy atom. The summed E-state index contributed by atoms with van der Waals surface area (Å²) in [7, 11) is 0. The second kappa shape index (κ2) is 8.92. The molecule has 3 rings (SSSR count). The molecule has 2 aromatic rings. The molecule has 2 N–H and O–H groups in total. The molecule has 156 valence electrons. The molecule has 6 nitrogen and oxygen atoms in total. The molecule has 0 unspecified atom stereocenters. The van der Waals surface area contributed by atoms with Crippen LogP contribution in [0.2, 0.25) is 0 Å². The SMILES string of the molecule is C=Cc1cc2n(n1)C(=C)C(CNCC)=C(C(=C)C)N2CC(=C)Nc1ccc(F)cn1. The number of hydrogen-bond acceptors (Lipinski definition) is 5. The standard InChI is InChI=1S/C23H27FN6/c1-7-19-11-22-29(14-16(5)27-21-10-9-18(24)12-26-21)23(15(3)4)20(13-25-8-2)17(6)30(22)28-19/h7,9-12,25H,1,3,5-6,8,13-14H2,2,4H3,(H,26,27). The molecule has 2 aromatic heterocycles. The molecule has 0 spiro atoms. The van der Waals surface area contributed by atoms with E-state index >= 15 is 0 Å². The lowest BCUT2D eigenvalue weighted by atomic mass is 10.0. The average Bonchev–Trinajstić information content (AvgIpc) is 3.15. The Labute approximate surface area is 176 Å². The van der Waals surface area contributed by atoms with Gasteiger partial charge in [0.1, 0.15) is 17.5 Å². The van der Waals surface area contributed by atoms with Crippen LogP contribution >= 0.6 is 0 Å². The highest BCUT2D eigenvalue weighted by molar-refractivity contribution is 5.78. The van der Waals surface area contributed by atoms with Crippen molar-refractivity contribution in [3.8, 4) is 0 Å². The third-order valence-corrected chi connectivity index (χ3v) is 4.69. The zero-order valence-corrected chi connectivity index (χ0v) is 17.5. The lowest BCUT2D eigenvalue weighted by molar-refractivity contribution is 0.622. The summed E-state index contributed by atoms with van der Waals surface area (Å²) in [6.45, 7) is 22.4. The fraction of sp³-hybridized carbons (Fsp3) is 0.217. The van der Waals surface area contributed by atoms with Crippen molar-refractivity contribution in [1.82, 2.24) is 20.1 Å². The highest BCUT2D eigenvalue weighted by atomic mass is 19.1. The van der Waals surface area contributed by atoms with Gasteiger partial charge in [-0.05, 0) is 37.3 Å². The van der Waals surface area contributed by atoms with Crippen LogP contribution in [0.4, 0.5) is 16.0 Å². The van der Waals surface area contributed by atoms with E-state index in [0.717, 1.165) is 40.6 Å². The maximum atomic E-state index is 13.2. The Morgan fingerprint density at radius 3 is 2.67 bits per heavy atom. The van der Waals surface area contributed by atoms with Crippen molar-refractivity contribution in [1.29, 1.82) is 0 Å². The summed E-state index contributed by atoms with van der Waals surface area (Å²) < 4.78 is 15.0. The molecule has 3 heterocycles. The second-order valence-corrected chi connectivity index (χ2v) is 7.05. The molecular formula is C23H27FN6. The van der Waals surface area contributed by atoms with Gasteiger partial charge in [-0.2, -0.15) is 5.10 Å². The number of nitrogens with one attached hydrogen (secondary N) is 2. The van der Waals surface area contributed by atoms with E-state index in [1.807, 2.05) is 17.7 Å². The maximum Gasteiger partial charge on any atom is 0.141 e. The van der Waals surface area contributed by atoms with Gasteiger partial charge >= 0.3 is 0 Å². The first-order chi connectivity index (χ1) is 14.3. The zero-order chi connectivity index (χ0) is 21.8. The number of anilines is 2. The van der Waals surface area contributed by atoms with Gasteiger partial charge in [0, 0.05) is 23.9 Å². The van der Waals surface area contributed by atoms with Crippen LogP contribution in [0.3, 0.4) is 0 Å². The van der Waals surface area contributed by atoms with Crippen LogP contribution < -0.4 is 15.5 Å². The lowest BCUT2D eigenvalue weighted by Crippen LogP contribution is -2.36. The molecular weight excluding hydrogens is 379 g/mol. The van der Waals surface area contributed by atoms with Crippen LogP contribution in [0.1, 0.15) is 19.5 Å². The van der Waals surface area contributed by atoms with E-state index in [4.69, 9.17) is 0 Å². The van der Waals surface area contributed by atoms with Crippen molar-refractivity contribution < 1.29 is 4.39 Å². The fourth-order valence-corrected chi connectivity index (χ4v) is 3.37. The molecule has 0 radical (unpaired) electrons. The van der Waals surface area contributed by atoms with Crippen molar-refractivity contribution >= 4 is 23.4 Å². The second-order valence-electron chi connectivity index (χ2n) is 7.05. The summed E-state index contributed by atoms with van der Waals surface area (Å²) in [5.41, 5.74) is 5.13. The first-order valence-electron chi connectivity index (χ1n) is 9.71. The minimum absolute atomic E-state index is 0.387. The van der Waals surface area contributed by atoms with Crippen LogP contribution in [0, 0.1) is 5.82 Å². The van der Waals surface area contributed by atoms with Gasteiger partial charge in [-0.1, -0.05) is 33.2 Å². The lowest BCUT2D eigenvalue weighted by Gasteiger charge is -2.36. The predicted molar refractivity (Wildman–Crippen MR) is 122 cm³/mol. The molecule has 1 aliphatic rings. The summed E-state index contributed by atoms with van der Waals surface area (Å²) in [6.07, 6.45) is 2.87. The van der Waals surface area contributed by atoms with Crippen molar-refractivity contribution in [3.63, 3.8) is 0 Å². The number of aromatic nitrogens is 3. The van der Waals surface area contributed by atoms with E-state index in [2.05, 4.69) is 58.9 Å². The zero-order valence-electron chi connectivity index (χ0n) is 17.5. The van der Waals surface area contributed by atoms with Gasteiger partial charge in [-0.25, -0.2) is 14.1 Å². The van der Waals surface area contributed by atoms with Gasteiger partial charge in [0.15, 0.2) is 0 Å². The normalized spacial score (nSPS) is 13.3. The minimum Gasteiger partial charge on any atom is -0.343 e. The summed E-state index contributed by atoms with van der Waals surface area (Å²) >= 11 is 0. The number of fused-ring (bicyclic) bond motifs is 1. The first kappa shape index (κ1) is 21.3. The topological polar surface area (TPSA) is 58.0 Å². The number of likely N-dealkylation sites (N-methyl/N-ethyl adjacent to an activating group) is 1. The number of halogens is 1. The number of hydrogen-bond donors (Lipinski definition) is 2. The van der Waals surface area contributed by atoms with Gasteiger partial charge < -0.3 is 15.5 Å². The Morgan fingerprint density at radius 2 is 2.07 bits per heavy atom. The molecule has 0 aromatic carbocycles. The van der Waals surface area contributed by atoms with Gasteiger partial charge in [0.05, 0.1) is 29.8 Å². The van der Waals surface area contributed by atoms with Crippen LogP contribution in [0.5, 0.6) is 0 Å². The Bertz CT molecular complexity index is 1030. The van der Waals surface area contributed by atoms with E-state index in [0.29, 0.717) is 24.6 Å². The van der Waals surface area contributed by atoms with Crippen LogP contribution in [-0.2, 0) is 0 Å². The Hall–Kier alpha value is -3.45.